The van der Waals surface area contributed by atoms with Crippen molar-refractivity contribution in [2.24, 2.45) is 0 Å². The number of fused-ring (bicyclic) bond motifs is 1. The predicted octanol–water partition coefficient (Wildman–Crippen LogP) is 4.24. The first kappa shape index (κ1) is 13.8. The Morgan fingerprint density at radius 2 is 2.05 bits per heavy atom. The third-order valence-electron chi connectivity index (χ3n) is 3.87. The van der Waals surface area contributed by atoms with Crippen molar-refractivity contribution in [3.8, 4) is 0 Å². The van der Waals surface area contributed by atoms with Gasteiger partial charge in [-0.3, -0.25) is 4.98 Å². The largest absolute Gasteiger partial charge is 0.461 e. The molecule has 0 aliphatic carbocycles. The lowest BCUT2D eigenvalue weighted by atomic mass is 10.1. The Labute approximate surface area is 125 Å². The van der Waals surface area contributed by atoms with Gasteiger partial charge in [0, 0.05) is 42.4 Å². The van der Waals surface area contributed by atoms with E-state index in [0.29, 0.717) is 0 Å². The fourth-order valence-corrected chi connectivity index (χ4v) is 2.63. The summed E-state index contributed by atoms with van der Waals surface area (Å²) in [5.41, 5.74) is 3.44. The fourth-order valence-electron chi connectivity index (χ4n) is 2.63. The van der Waals surface area contributed by atoms with Gasteiger partial charge in [0.25, 0.3) is 0 Å². The van der Waals surface area contributed by atoms with E-state index in [-0.39, 0.29) is 6.04 Å². The van der Waals surface area contributed by atoms with Crippen LogP contribution in [-0.4, -0.2) is 4.98 Å². The molecule has 0 saturated heterocycles. The Bertz CT molecular complexity index is 718. The normalized spacial score (nSPS) is 12.7. The predicted molar refractivity (Wildman–Crippen MR) is 85.1 cm³/mol. The van der Waals surface area contributed by atoms with Crippen molar-refractivity contribution in [1.82, 2.24) is 10.3 Å². The lowest BCUT2D eigenvalue weighted by Gasteiger charge is -2.13. The number of hydrogen-bond acceptors (Lipinski definition) is 3. The lowest BCUT2D eigenvalue weighted by molar-refractivity contribution is 0.529. The summed E-state index contributed by atoms with van der Waals surface area (Å²) in [7, 11) is 0. The van der Waals surface area contributed by atoms with Crippen LogP contribution in [0.25, 0.3) is 11.0 Å². The smallest absolute Gasteiger partial charge is 0.134 e. The highest BCUT2D eigenvalue weighted by Crippen LogP contribution is 2.26. The van der Waals surface area contributed by atoms with Gasteiger partial charge in [-0.25, -0.2) is 0 Å². The van der Waals surface area contributed by atoms with Crippen LogP contribution in [0.1, 0.15) is 36.8 Å². The first-order valence-electron chi connectivity index (χ1n) is 7.42. The summed E-state index contributed by atoms with van der Waals surface area (Å²) in [6.07, 6.45) is 4.62. The molecule has 0 saturated carbocycles. The van der Waals surface area contributed by atoms with Crippen LogP contribution in [0.3, 0.4) is 0 Å². The van der Waals surface area contributed by atoms with Crippen molar-refractivity contribution in [2.45, 2.75) is 32.9 Å². The van der Waals surface area contributed by atoms with Gasteiger partial charge in [-0.1, -0.05) is 31.2 Å². The molecule has 21 heavy (non-hydrogen) atoms. The number of furan rings is 1. The number of nitrogens with one attached hydrogen (secondary N) is 1. The van der Waals surface area contributed by atoms with E-state index in [1.807, 2.05) is 24.4 Å². The van der Waals surface area contributed by atoms with E-state index in [1.54, 1.807) is 6.20 Å². The Kier molecular flexibility index (Phi) is 4.02. The van der Waals surface area contributed by atoms with Gasteiger partial charge in [0.05, 0.1) is 0 Å². The van der Waals surface area contributed by atoms with Crippen molar-refractivity contribution < 1.29 is 4.42 Å². The molecule has 3 heteroatoms. The molecule has 1 aromatic carbocycles. The molecule has 0 fully saturated rings. The third kappa shape index (κ3) is 2.83. The van der Waals surface area contributed by atoms with E-state index in [9.17, 15) is 0 Å². The molecule has 0 amide bonds. The first-order valence-corrected chi connectivity index (χ1v) is 7.42. The van der Waals surface area contributed by atoms with E-state index in [0.717, 1.165) is 24.3 Å². The first-order chi connectivity index (χ1) is 10.3. The van der Waals surface area contributed by atoms with Crippen LogP contribution in [-0.2, 0) is 13.0 Å². The molecule has 1 N–H and O–H groups in total. The molecule has 0 spiro atoms. The number of benzene rings is 1. The maximum absolute atomic E-state index is 5.93. The van der Waals surface area contributed by atoms with Gasteiger partial charge in [-0.2, -0.15) is 0 Å². The SMILES string of the molecule is CCc1oc2ccccc2c1CNC(C)c1cccnc1. The molecule has 108 valence electrons. The summed E-state index contributed by atoms with van der Waals surface area (Å²) in [6, 6.07) is 12.6. The van der Waals surface area contributed by atoms with Gasteiger partial charge in [-0.15, -0.1) is 0 Å². The molecule has 1 unspecified atom stereocenters. The number of nitrogens with zero attached hydrogens (tertiary/aromatic N) is 1. The van der Waals surface area contributed by atoms with Crippen LogP contribution < -0.4 is 5.32 Å². The molecule has 1 atom stereocenters. The highest BCUT2D eigenvalue weighted by atomic mass is 16.3. The van der Waals surface area contributed by atoms with Crippen molar-refractivity contribution in [3.05, 3.63) is 65.7 Å². The maximum Gasteiger partial charge on any atom is 0.134 e. The van der Waals surface area contributed by atoms with Crippen LogP contribution in [0.5, 0.6) is 0 Å². The van der Waals surface area contributed by atoms with Gasteiger partial charge in [0.2, 0.25) is 0 Å². The van der Waals surface area contributed by atoms with Crippen LogP contribution in [0, 0.1) is 0 Å². The molecule has 0 bridgehead atoms. The number of para-hydroxylation sites is 1. The van der Waals surface area contributed by atoms with Crippen molar-refractivity contribution >= 4 is 11.0 Å². The van der Waals surface area contributed by atoms with Crippen LogP contribution in [0.4, 0.5) is 0 Å². The zero-order chi connectivity index (χ0) is 14.7. The Balaban J connectivity index is 1.82. The van der Waals surface area contributed by atoms with Crippen LogP contribution in [0.2, 0.25) is 0 Å². The van der Waals surface area contributed by atoms with E-state index in [2.05, 4.69) is 42.3 Å². The average molecular weight is 280 g/mol. The van der Waals surface area contributed by atoms with Gasteiger partial charge in [-0.05, 0) is 24.6 Å². The summed E-state index contributed by atoms with van der Waals surface area (Å²) in [5, 5.41) is 4.78. The quantitative estimate of drug-likeness (QED) is 0.759. The summed E-state index contributed by atoms with van der Waals surface area (Å²) in [5.74, 6) is 1.07. The van der Waals surface area contributed by atoms with Crippen molar-refractivity contribution in [2.75, 3.05) is 0 Å². The van der Waals surface area contributed by atoms with E-state index in [1.165, 1.54) is 16.5 Å². The molecular formula is C18H20N2O. The monoisotopic (exact) mass is 280 g/mol. The fraction of sp³-hybridized carbons (Fsp3) is 0.278. The Morgan fingerprint density at radius 3 is 2.81 bits per heavy atom. The lowest BCUT2D eigenvalue weighted by Crippen LogP contribution is -2.18. The number of rotatable bonds is 5. The highest BCUT2D eigenvalue weighted by molar-refractivity contribution is 5.82. The molecule has 2 heterocycles. The minimum absolute atomic E-state index is 0.261. The maximum atomic E-state index is 5.93. The topological polar surface area (TPSA) is 38.1 Å². The molecule has 2 aromatic heterocycles. The van der Waals surface area contributed by atoms with Gasteiger partial charge >= 0.3 is 0 Å². The Morgan fingerprint density at radius 1 is 1.19 bits per heavy atom. The number of aromatic nitrogens is 1. The van der Waals surface area contributed by atoms with Crippen molar-refractivity contribution in [1.29, 1.82) is 0 Å². The summed E-state index contributed by atoms with van der Waals surface area (Å²) in [6.45, 7) is 5.09. The van der Waals surface area contributed by atoms with Crippen LogP contribution >= 0.6 is 0 Å². The number of aryl methyl sites for hydroxylation is 1. The molecule has 0 radical (unpaired) electrons. The molecule has 0 aliphatic rings. The summed E-state index contributed by atoms with van der Waals surface area (Å²) >= 11 is 0. The molecule has 3 nitrogen and oxygen atoms in total. The molecule has 3 aromatic rings. The average Bonchev–Trinajstić information content (AvgIpc) is 2.91. The van der Waals surface area contributed by atoms with Crippen molar-refractivity contribution in [3.63, 3.8) is 0 Å². The van der Waals surface area contributed by atoms with Gasteiger partial charge < -0.3 is 9.73 Å². The second-order valence-corrected chi connectivity index (χ2v) is 5.24. The number of hydrogen-bond donors (Lipinski definition) is 1. The molecular weight excluding hydrogens is 260 g/mol. The highest BCUT2D eigenvalue weighted by Gasteiger charge is 2.13. The standard InChI is InChI=1S/C18H20N2O/c1-3-17-16(15-8-4-5-9-18(15)21-17)12-20-13(2)14-7-6-10-19-11-14/h4-11,13,20H,3,12H2,1-2H3. The minimum Gasteiger partial charge on any atom is -0.461 e. The van der Waals surface area contributed by atoms with Gasteiger partial charge in [0.1, 0.15) is 11.3 Å². The third-order valence-corrected chi connectivity index (χ3v) is 3.87. The van der Waals surface area contributed by atoms with E-state index >= 15 is 0 Å². The minimum atomic E-state index is 0.261. The van der Waals surface area contributed by atoms with Gasteiger partial charge in [0.15, 0.2) is 0 Å². The Hall–Kier alpha value is -2.13. The number of pyridine rings is 1. The summed E-state index contributed by atoms with van der Waals surface area (Å²) < 4.78 is 5.93. The summed E-state index contributed by atoms with van der Waals surface area (Å²) in [4.78, 5) is 4.18. The second-order valence-electron chi connectivity index (χ2n) is 5.24. The molecule has 0 aliphatic heterocycles. The van der Waals surface area contributed by atoms with E-state index < -0.39 is 0 Å². The second kappa shape index (κ2) is 6.10. The zero-order valence-corrected chi connectivity index (χ0v) is 12.5. The zero-order valence-electron chi connectivity index (χ0n) is 12.5. The van der Waals surface area contributed by atoms with E-state index in [4.69, 9.17) is 4.42 Å². The molecule has 3 rings (SSSR count). The van der Waals surface area contributed by atoms with Crippen LogP contribution in [0.15, 0.2) is 53.2 Å².